The molecule has 1 aliphatic heterocycles. The molecule has 4 rings (SSSR count). The van der Waals surface area contributed by atoms with Crippen molar-refractivity contribution in [2.75, 3.05) is 5.32 Å². The van der Waals surface area contributed by atoms with Gasteiger partial charge in [-0.2, -0.15) is 0 Å². The van der Waals surface area contributed by atoms with Crippen LogP contribution in [-0.2, 0) is 24.4 Å². The number of allylic oxidation sites excluding steroid dienone is 2. The summed E-state index contributed by atoms with van der Waals surface area (Å²) in [4.78, 5) is 40.2. The minimum Gasteiger partial charge on any atom is -0.324 e. The van der Waals surface area contributed by atoms with E-state index in [1.807, 2.05) is 12.2 Å². The van der Waals surface area contributed by atoms with Crippen LogP contribution < -0.4 is 10.5 Å². The van der Waals surface area contributed by atoms with Gasteiger partial charge in [0.1, 0.15) is 6.04 Å². The van der Waals surface area contributed by atoms with Gasteiger partial charge in [-0.15, -0.1) is 0 Å². The summed E-state index contributed by atoms with van der Waals surface area (Å²) in [6.07, 6.45) is 4.85. The van der Waals surface area contributed by atoms with Crippen LogP contribution in [0.1, 0.15) is 20.3 Å². The molecule has 0 spiro atoms. The molecule has 29 heavy (non-hydrogen) atoms. The first-order valence-electron chi connectivity index (χ1n) is 9.58. The standard InChI is InChI=1S/C20H23N3O5S/c1-10(2)17(18(24)22-13-5-7-14(8-6-13)29(21,27)28)23-19(25)15-11-3-4-12(9-11)16(15)20(23)26/h3-8,10-12,15-17H,9H2,1-2H3,(H,22,24)(H2,21,27,28)/t11-,12-,15-,16-,17+/m0/s1. The summed E-state index contributed by atoms with van der Waals surface area (Å²) in [5.74, 6) is -1.87. The molecule has 0 aromatic heterocycles. The number of imide groups is 1. The van der Waals surface area contributed by atoms with Crippen LogP contribution in [0.15, 0.2) is 41.3 Å². The fraction of sp³-hybridized carbons (Fsp3) is 0.450. The van der Waals surface area contributed by atoms with Gasteiger partial charge in [-0.3, -0.25) is 19.3 Å². The van der Waals surface area contributed by atoms with Gasteiger partial charge in [-0.1, -0.05) is 26.0 Å². The fourth-order valence-corrected chi connectivity index (χ4v) is 5.38. The topological polar surface area (TPSA) is 127 Å². The maximum absolute atomic E-state index is 13.1. The van der Waals surface area contributed by atoms with Crippen LogP contribution in [0.4, 0.5) is 5.69 Å². The molecule has 8 nitrogen and oxygen atoms in total. The third-order valence-electron chi connectivity index (χ3n) is 6.13. The highest BCUT2D eigenvalue weighted by molar-refractivity contribution is 7.89. The van der Waals surface area contributed by atoms with Crippen LogP contribution in [0.3, 0.4) is 0 Å². The number of nitrogens with one attached hydrogen (secondary N) is 1. The van der Waals surface area contributed by atoms with Crippen molar-refractivity contribution in [2.45, 2.75) is 31.2 Å². The van der Waals surface area contributed by atoms with Gasteiger partial charge in [0, 0.05) is 5.69 Å². The largest absolute Gasteiger partial charge is 0.324 e. The lowest BCUT2D eigenvalue weighted by Gasteiger charge is -2.29. The Bertz CT molecular complexity index is 985. The Balaban J connectivity index is 1.56. The number of carbonyl (C=O) groups is 3. The Morgan fingerprint density at radius 1 is 1.07 bits per heavy atom. The summed E-state index contributed by atoms with van der Waals surface area (Å²) in [6, 6.07) is 4.48. The Morgan fingerprint density at radius 3 is 2.03 bits per heavy atom. The number of carbonyl (C=O) groups excluding carboxylic acids is 3. The normalized spacial score (nSPS) is 28.9. The number of primary sulfonamides is 1. The van der Waals surface area contributed by atoms with Gasteiger partial charge in [0.2, 0.25) is 27.7 Å². The summed E-state index contributed by atoms with van der Waals surface area (Å²) >= 11 is 0. The zero-order valence-electron chi connectivity index (χ0n) is 16.1. The summed E-state index contributed by atoms with van der Waals surface area (Å²) in [5, 5.41) is 7.77. The van der Waals surface area contributed by atoms with Crippen LogP contribution in [0.5, 0.6) is 0 Å². The molecule has 3 amide bonds. The lowest BCUT2D eigenvalue weighted by Crippen LogP contribution is -2.51. The van der Waals surface area contributed by atoms with Gasteiger partial charge in [-0.25, -0.2) is 13.6 Å². The van der Waals surface area contributed by atoms with E-state index in [1.54, 1.807) is 13.8 Å². The van der Waals surface area contributed by atoms with Crippen molar-refractivity contribution >= 4 is 33.4 Å². The first-order valence-corrected chi connectivity index (χ1v) is 11.1. The molecule has 1 heterocycles. The molecule has 2 fully saturated rings. The SMILES string of the molecule is CC(C)[C@H](C(=O)Nc1ccc(S(N)(=O)=O)cc1)N1C(=O)[C@@H]2[C@@H](C1=O)[C@H]1C=C[C@H]2C1. The zero-order chi connectivity index (χ0) is 21.1. The molecular weight excluding hydrogens is 394 g/mol. The van der Waals surface area contributed by atoms with Crippen LogP contribution in [0.2, 0.25) is 0 Å². The lowest BCUT2D eigenvalue weighted by atomic mass is 9.85. The molecule has 154 valence electrons. The maximum Gasteiger partial charge on any atom is 0.247 e. The van der Waals surface area contributed by atoms with Gasteiger partial charge >= 0.3 is 0 Å². The number of sulfonamides is 1. The Morgan fingerprint density at radius 2 is 1.59 bits per heavy atom. The predicted molar refractivity (Wildman–Crippen MR) is 105 cm³/mol. The Hall–Kier alpha value is -2.52. The number of nitrogens with two attached hydrogens (primary N) is 1. The lowest BCUT2D eigenvalue weighted by molar-refractivity contribution is -0.148. The highest BCUT2D eigenvalue weighted by atomic mass is 32.2. The molecule has 9 heteroatoms. The second-order valence-electron chi connectivity index (χ2n) is 8.29. The first kappa shape index (κ1) is 19.8. The number of likely N-dealkylation sites (tertiary alicyclic amines) is 1. The van der Waals surface area contributed by atoms with Crippen molar-refractivity contribution in [2.24, 2.45) is 34.7 Å². The number of anilines is 1. The van der Waals surface area contributed by atoms with E-state index >= 15 is 0 Å². The average Bonchev–Trinajstić information content (AvgIpc) is 3.31. The first-order chi connectivity index (χ1) is 13.6. The van der Waals surface area contributed by atoms with E-state index in [-0.39, 0.29) is 46.3 Å². The van der Waals surface area contributed by atoms with Gasteiger partial charge in [0.25, 0.3) is 0 Å². The highest BCUT2D eigenvalue weighted by Crippen LogP contribution is 2.53. The highest BCUT2D eigenvalue weighted by Gasteiger charge is 2.61. The number of rotatable bonds is 5. The van der Waals surface area contributed by atoms with Crippen molar-refractivity contribution in [1.29, 1.82) is 0 Å². The zero-order valence-corrected chi connectivity index (χ0v) is 16.9. The predicted octanol–water partition coefficient (Wildman–Crippen LogP) is 1.10. The van der Waals surface area contributed by atoms with Gasteiger partial charge in [0.15, 0.2) is 0 Å². The molecule has 1 saturated carbocycles. The number of fused-ring (bicyclic) bond motifs is 5. The number of benzene rings is 1. The summed E-state index contributed by atoms with van der Waals surface area (Å²) in [7, 11) is -3.84. The molecule has 2 bridgehead atoms. The molecule has 0 unspecified atom stereocenters. The molecule has 1 aromatic rings. The van der Waals surface area contributed by atoms with Crippen molar-refractivity contribution in [3.8, 4) is 0 Å². The average molecular weight is 417 g/mol. The second-order valence-corrected chi connectivity index (χ2v) is 9.86. The van der Waals surface area contributed by atoms with Crippen LogP contribution in [-0.4, -0.2) is 37.1 Å². The maximum atomic E-state index is 13.1. The third kappa shape index (κ3) is 3.18. The number of nitrogens with zero attached hydrogens (tertiary/aromatic N) is 1. The molecule has 1 saturated heterocycles. The summed E-state index contributed by atoms with van der Waals surface area (Å²) in [6.45, 7) is 3.58. The van der Waals surface area contributed by atoms with E-state index in [1.165, 1.54) is 24.3 Å². The third-order valence-corrected chi connectivity index (χ3v) is 7.06. The number of hydrogen-bond donors (Lipinski definition) is 2. The molecule has 0 radical (unpaired) electrons. The van der Waals surface area contributed by atoms with Gasteiger partial charge in [0.05, 0.1) is 16.7 Å². The molecule has 3 N–H and O–H groups in total. The quantitative estimate of drug-likeness (QED) is 0.548. The van der Waals surface area contributed by atoms with Crippen LogP contribution in [0.25, 0.3) is 0 Å². The van der Waals surface area contributed by atoms with Crippen LogP contribution >= 0.6 is 0 Å². The van der Waals surface area contributed by atoms with E-state index in [2.05, 4.69) is 5.32 Å². The van der Waals surface area contributed by atoms with Crippen molar-refractivity contribution in [3.05, 3.63) is 36.4 Å². The molecule has 1 aromatic carbocycles. The minimum atomic E-state index is -3.84. The molecule has 5 atom stereocenters. The molecule has 3 aliphatic rings. The minimum absolute atomic E-state index is 0.0726. The van der Waals surface area contributed by atoms with Crippen molar-refractivity contribution in [3.63, 3.8) is 0 Å². The van der Waals surface area contributed by atoms with Crippen molar-refractivity contribution in [1.82, 2.24) is 4.90 Å². The summed E-state index contributed by atoms with van der Waals surface area (Å²) in [5.41, 5.74) is 0.356. The van der Waals surface area contributed by atoms with E-state index in [0.29, 0.717) is 5.69 Å². The van der Waals surface area contributed by atoms with E-state index in [9.17, 15) is 22.8 Å². The fourth-order valence-electron chi connectivity index (χ4n) is 4.86. The van der Waals surface area contributed by atoms with Crippen molar-refractivity contribution < 1.29 is 22.8 Å². The smallest absolute Gasteiger partial charge is 0.247 e. The summed E-state index contributed by atoms with van der Waals surface area (Å²) < 4.78 is 22.7. The Kier molecular flexibility index (Phi) is 4.62. The number of amides is 3. The molecular formula is C20H23N3O5S. The van der Waals surface area contributed by atoms with Crippen LogP contribution in [0, 0.1) is 29.6 Å². The van der Waals surface area contributed by atoms with Gasteiger partial charge in [-0.05, 0) is 48.4 Å². The monoisotopic (exact) mass is 417 g/mol. The van der Waals surface area contributed by atoms with Gasteiger partial charge < -0.3 is 5.32 Å². The number of hydrogen-bond acceptors (Lipinski definition) is 5. The molecule has 2 aliphatic carbocycles. The second kappa shape index (κ2) is 6.77. The van der Waals surface area contributed by atoms with E-state index in [0.717, 1.165) is 11.3 Å². The van der Waals surface area contributed by atoms with E-state index < -0.39 is 22.0 Å². The van der Waals surface area contributed by atoms with E-state index in [4.69, 9.17) is 5.14 Å². The Labute approximate surface area is 169 Å².